The van der Waals surface area contributed by atoms with Crippen molar-refractivity contribution < 1.29 is 33.3 Å². The Hall–Kier alpha value is -3.79. The monoisotopic (exact) mass is 615 g/mol. The van der Waals surface area contributed by atoms with E-state index in [4.69, 9.17) is 37.4 Å². The predicted octanol–water partition coefficient (Wildman–Crippen LogP) is 7.81. The molecule has 3 aromatic rings. The molecule has 3 aromatic carbocycles. The number of thioether (sulfide) groups is 1. The summed E-state index contributed by atoms with van der Waals surface area (Å²) < 4.78 is 30.7. The van der Waals surface area contributed by atoms with Gasteiger partial charge in [0, 0.05) is 5.56 Å². The second kappa shape index (κ2) is 13.7. The first-order chi connectivity index (χ1) is 19.7. The third-order valence-corrected chi connectivity index (χ3v) is 7.27. The Bertz CT molecular complexity index is 1590. The lowest BCUT2D eigenvalue weighted by molar-refractivity contribution is -0.138. The first kappa shape index (κ1) is 30.2. The molecule has 1 N–H and O–H groups in total. The van der Waals surface area contributed by atoms with E-state index < -0.39 is 23.5 Å². The maximum atomic E-state index is 14.1. The van der Waals surface area contributed by atoms with Crippen LogP contribution in [0.2, 0.25) is 10.0 Å². The van der Waals surface area contributed by atoms with E-state index in [9.17, 15) is 19.1 Å². The average molecular weight is 616 g/mol. The van der Waals surface area contributed by atoms with Crippen molar-refractivity contribution in [1.29, 1.82) is 0 Å². The van der Waals surface area contributed by atoms with Gasteiger partial charge in [0.25, 0.3) is 5.91 Å². The minimum absolute atomic E-state index is 0.0434. The van der Waals surface area contributed by atoms with E-state index >= 15 is 0 Å². The molecule has 4 rings (SSSR count). The standard InChI is InChI=1S/C30H24Cl2FNO6S/c1-3-38-23-14-17(13-21(32)27(23)40-16-18-9-5-8-12-22(18)33)15-24-26(35)25(30(37)39-4-2)29(41-24)34-28(36)19-10-6-7-11-20(19)31/h5-15,35H,3-4,16H2,1-2H3/b24-15-,34-29?. The van der Waals surface area contributed by atoms with Crippen molar-refractivity contribution in [2.24, 2.45) is 4.99 Å². The molecule has 0 unspecified atom stereocenters. The van der Waals surface area contributed by atoms with Gasteiger partial charge < -0.3 is 19.3 Å². The predicted molar refractivity (Wildman–Crippen MR) is 158 cm³/mol. The molecular weight excluding hydrogens is 592 g/mol. The number of benzene rings is 3. The minimum atomic E-state index is -0.837. The van der Waals surface area contributed by atoms with Crippen LogP contribution in [0.3, 0.4) is 0 Å². The van der Waals surface area contributed by atoms with Crippen LogP contribution in [0, 0.1) is 5.82 Å². The van der Waals surface area contributed by atoms with Crippen molar-refractivity contribution in [2.45, 2.75) is 20.5 Å². The van der Waals surface area contributed by atoms with Gasteiger partial charge in [0.2, 0.25) is 0 Å². The van der Waals surface area contributed by atoms with Gasteiger partial charge in [-0.1, -0.05) is 65.3 Å². The summed E-state index contributed by atoms with van der Waals surface area (Å²) in [4.78, 5) is 29.9. The number of aliphatic hydroxyl groups is 1. The van der Waals surface area contributed by atoms with Gasteiger partial charge in [0.1, 0.15) is 28.8 Å². The zero-order valence-electron chi connectivity index (χ0n) is 21.9. The smallest absolute Gasteiger partial charge is 0.344 e. The molecule has 0 aromatic heterocycles. The van der Waals surface area contributed by atoms with Crippen LogP contribution >= 0.6 is 35.0 Å². The second-order valence-electron chi connectivity index (χ2n) is 8.40. The molecule has 0 radical (unpaired) electrons. The Morgan fingerprint density at radius 1 is 1.00 bits per heavy atom. The Morgan fingerprint density at radius 2 is 1.73 bits per heavy atom. The highest BCUT2D eigenvalue weighted by Crippen LogP contribution is 2.42. The van der Waals surface area contributed by atoms with E-state index in [2.05, 4.69) is 4.99 Å². The molecule has 1 heterocycles. The molecule has 11 heteroatoms. The van der Waals surface area contributed by atoms with E-state index in [1.807, 2.05) is 0 Å². The number of halogens is 3. The lowest BCUT2D eigenvalue weighted by atomic mass is 10.1. The molecule has 1 aliphatic heterocycles. The van der Waals surface area contributed by atoms with E-state index in [1.54, 1.807) is 68.5 Å². The molecule has 0 spiro atoms. The molecule has 7 nitrogen and oxygen atoms in total. The van der Waals surface area contributed by atoms with Gasteiger partial charge in [0.15, 0.2) is 11.5 Å². The quantitative estimate of drug-likeness (QED) is 0.245. The number of aliphatic imine (C=N–C) groups is 1. The Labute approximate surface area is 250 Å². The summed E-state index contributed by atoms with van der Waals surface area (Å²) in [5, 5.41) is 11.3. The van der Waals surface area contributed by atoms with Crippen molar-refractivity contribution in [2.75, 3.05) is 13.2 Å². The number of carbonyl (C=O) groups is 2. The second-order valence-corrected chi connectivity index (χ2v) is 10.2. The summed E-state index contributed by atoms with van der Waals surface area (Å²) in [5.41, 5.74) is 0.734. The van der Waals surface area contributed by atoms with Crippen LogP contribution in [-0.2, 0) is 16.1 Å². The van der Waals surface area contributed by atoms with E-state index in [1.165, 1.54) is 12.1 Å². The summed E-state index contributed by atoms with van der Waals surface area (Å²) >= 11 is 13.6. The molecule has 41 heavy (non-hydrogen) atoms. The SMILES string of the molecule is CCOC(=O)C1=C(O)/C(=C/c2cc(Cl)c(OCc3ccccc3F)c(OCC)c2)SC1=NC(=O)c1ccccc1Cl. The number of hydrogen-bond acceptors (Lipinski definition) is 7. The van der Waals surface area contributed by atoms with Gasteiger partial charge in [-0.2, -0.15) is 0 Å². The van der Waals surface area contributed by atoms with Crippen LogP contribution in [0.1, 0.15) is 35.3 Å². The third-order valence-electron chi connectivity index (χ3n) is 5.64. The third kappa shape index (κ3) is 7.11. The summed E-state index contributed by atoms with van der Waals surface area (Å²) in [5.74, 6) is -1.83. The largest absolute Gasteiger partial charge is 0.506 e. The molecule has 212 valence electrons. The van der Waals surface area contributed by atoms with Crippen LogP contribution in [-0.4, -0.2) is 35.2 Å². The zero-order chi connectivity index (χ0) is 29.5. The molecule has 0 aliphatic carbocycles. The Morgan fingerprint density at radius 3 is 2.44 bits per heavy atom. The molecule has 0 fully saturated rings. The molecule has 0 saturated carbocycles. The molecular formula is C30H24Cl2FNO6S. The number of carbonyl (C=O) groups excluding carboxylic acids is 2. The fourth-order valence-electron chi connectivity index (χ4n) is 3.77. The number of rotatable bonds is 9. The lowest BCUT2D eigenvalue weighted by Gasteiger charge is -2.15. The number of ether oxygens (including phenoxy) is 3. The lowest BCUT2D eigenvalue weighted by Crippen LogP contribution is -2.14. The van der Waals surface area contributed by atoms with Gasteiger partial charge in [-0.05, 0) is 55.8 Å². The van der Waals surface area contributed by atoms with Gasteiger partial charge in [-0.25, -0.2) is 14.2 Å². The van der Waals surface area contributed by atoms with Gasteiger partial charge in [-0.3, -0.25) is 4.79 Å². The number of esters is 1. The van der Waals surface area contributed by atoms with Crippen molar-refractivity contribution in [3.8, 4) is 11.5 Å². The van der Waals surface area contributed by atoms with E-state index in [0.717, 1.165) is 11.8 Å². The number of aliphatic hydroxyl groups excluding tert-OH is 1. The Kier molecular flexibility index (Phi) is 10.1. The summed E-state index contributed by atoms with van der Waals surface area (Å²) in [6, 6.07) is 15.8. The zero-order valence-corrected chi connectivity index (χ0v) is 24.3. The maximum Gasteiger partial charge on any atom is 0.344 e. The summed E-state index contributed by atoms with van der Waals surface area (Å²) in [6.07, 6.45) is 1.55. The highest BCUT2D eigenvalue weighted by Gasteiger charge is 2.34. The molecule has 1 amide bonds. The highest BCUT2D eigenvalue weighted by molar-refractivity contribution is 8.18. The van der Waals surface area contributed by atoms with Crippen molar-refractivity contribution in [3.05, 3.63) is 109 Å². The van der Waals surface area contributed by atoms with Crippen molar-refractivity contribution >= 4 is 58.0 Å². The fraction of sp³-hybridized carbons (Fsp3) is 0.167. The topological polar surface area (TPSA) is 94.4 Å². The maximum absolute atomic E-state index is 14.1. The summed E-state index contributed by atoms with van der Waals surface area (Å²) in [6.45, 7) is 3.67. The van der Waals surface area contributed by atoms with Crippen molar-refractivity contribution in [1.82, 2.24) is 0 Å². The van der Waals surface area contributed by atoms with Crippen LogP contribution in [0.4, 0.5) is 4.39 Å². The molecule has 1 aliphatic rings. The van der Waals surface area contributed by atoms with Gasteiger partial charge >= 0.3 is 5.97 Å². The fourth-order valence-corrected chi connectivity index (χ4v) is 5.27. The Balaban J connectivity index is 1.69. The van der Waals surface area contributed by atoms with Crippen LogP contribution in [0.25, 0.3) is 6.08 Å². The van der Waals surface area contributed by atoms with E-state index in [0.29, 0.717) is 23.5 Å². The van der Waals surface area contributed by atoms with Crippen LogP contribution in [0.15, 0.2) is 81.9 Å². The first-order valence-electron chi connectivity index (χ1n) is 12.4. The average Bonchev–Trinajstić information content (AvgIpc) is 3.23. The van der Waals surface area contributed by atoms with Crippen molar-refractivity contribution in [3.63, 3.8) is 0 Å². The van der Waals surface area contributed by atoms with Gasteiger partial charge in [0.05, 0.1) is 33.7 Å². The number of hydrogen-bond donors (Lipinski definition) is 1. The highest BCUT2D eigenvalue weighted by atomic mass is 35.5. The summed E-state index contributed by atoms with van der Waals surface area (Å²) in [7, 11) is 0. The molecule has 0 atom stereocenters. The van der Waals surface area contributed by atoms with Crippen LogP contribution in [0.5, 0.6) is 11.5 Å². The normalized spacial score (nSPS) is 15.0. The minimum Gasteiger partial charge on any atom is -0.506 e. The first-order valence-corrected chi connectivity index (χ1v) is 14.0. The van der Waals surface area contributed by atoms with E-state index in [-0.39, 0.29) is 50.1 Å². The molecule has 0 saturated heterocycles. The molecule has 0 bridgehead atoms. The van der Waals surface area contributed by atoms with Gasteiger partial charge in [-0.15, -0.1) is 0 Å². The van der Waals surface area contributed by atoms with Crippen LogP contribution < -0.4 is 9.47 Å². The number of nitrogens with zero attached hydrogens (tertiary/aromatic N) is 1. The number of amides is 1.